The molecule has 0 radical (unpaired) electrons. The Morgan fingerprint density at radius 1 is 0.654 bits per heavy atom. The highest BCUT2D eigenvalue weighted by atomic mass is 28.3. The highest BCUT2D eigenvalue weighted by Crippen LogP contribution is 2.43. The maximum atomic E-state index is 3.50. The van der Waals surface area contributed by atoms with E-state index in [1.807, 2.05) is 30.3 Å². The molecule has 4 rings (SSSR count). The van der Waals surface area contributed by atoms with Gasteiger partial charge in [-0.05, 0) is 22.9 Å². The molecule has 1 aliphatic carbocycles. The molecule has 26 heavy (non-hydrogen) atoms. The predicted molar refractivity (Wildman–Crippen MR) is 115 cm³/mol. The molecule has 0 saturated carbocycles. The lowest BCUT2D eigenvalue weighted by atomic mass is 9.78. The molecular formula is C25H20Si. The molecule has 3 aromatic rings. The molecule has 0 fully saturated rings. The van der Waals surface area contributed by atoms with E-state index in [0.717, 1.165) is 16.7 Å². The molecule has 0 N–H and O–H groups in total. The fourth-order valence-electron chi connectivity index (χ4n) is 3.11. The van der Waals surface area contributed by atoms with Crippen LogP contribution in [-0.2, 0) is 0 Å². The monoisotopic (exact) mass is 348 g/mol. The minimum atomic E-state index is -1.44. The van der Waals surface area contributed by atoms with Gasteiger partial charge in [0.05, 0.1) is 0 Å². The zero-order valence-corrected chi connectivity index (χ0v) is 16.4. The Hall–Kier alpha value is -3.00. The Kier molecular flexibility index (Phi) is 4.04. The molecule has 0 bridgehead atoms. The van der Waals surface area contributed by atoms with Gasteiger partial charge in [-0.15, -0.1) is 5.54 Å². The van der Waals surface area contributed by atoms with Crippen molar-refractivity contribution in [3.8, 4) is 23.3 Å². The molecule has 0 amide bonds. The molecule has 0 aliphatic heterocycles. The van der Waals surface area contributed by atoms with E-state index in [2.05, 4.69) is 79.3 Å². The molecule has 0 aromatic heterocycles. The maximum absolute atomic E-state index is 3.50. The van der Waals surface area contributed by atoms with Crippen LogP contribution in [0.25, 0.3) is 21.9 Å². The van der Waals surface area contributed by atoms with Crippen LogP contribution in [0.4, 0.5) is 0 Å². The lowest BCUT2D eigenvalue weighted by Crippen LogP contribution is -2.17. The first-order valence-corrected chi connectivity index (χ1v) is 12.4. The van der Waals surface area contributed by atoms with Gasteiger partial charge in [0, 0.05) is 27.8 Å². The molecule has 1 aliphatic rings. The number of hydrogen-bond donors (Lipinski definition) is 0. The van der Waals surface area contributed by atoms with Crippen LogP contribution in [-0.4, -0.2) is 8.07 Å². The zero-order valence-electron chi connectivity index (χ0n) is 15.4. The lowest BCUT2D eigenvalue weighted by Gasteiger charge is -2.23. The Morgan fingerprint density at radius 2 is 1.38 bits per heavy atom. The van der Waals surface area contributed by atoms with Gasteiger partial charge < -0.3 is 0 Å². The van der Waals surface area contributed by atoms with E-state index >= 15 is 0 Å². The molecule has 1 heteroatoms. The van der Waals surface area contributed by atoms with Crippen molar-refractivity contribution in [3.63, 3.8) is 0 Å². The summed E-state index contributed by atoms with van der Waals surface area (Å²) in [7, 11) is -1.44. The van der Waals surface area contributed by atoms with Gasteiger partial charge in [-0.1, -0.05) is 92.0 Å². The van der Waals surface area contributed by atoms with Crippen molar-refractivity contribution < 1.29 is 0 Å². The van der Waals surface area contributed by atoms with Gasteiger partial charge in [-0.2, -0.15) is 0 Å². The average molecular weight is 349 g/mol. The fourth-order valence-corrected chi connectivity index (χ4v) is 3.61. The second-order valence-electron chi connectivity index (χ2n) is 7.58. The molecule has 3 aromatic carbocycles. The molecule has 0 heterocycles. The second kappa shape index (κ2) is 6.38. The Morgan fingerprint density at radius 3 is 2.15 bits per heavy atom. The third kappa shape index (κ3) is 3.11. The first-order valence-electron chi connectivity index (χ1n) is 8.90. The van der Waals surface area contributed by atoms with Crippen LogP contribution in [0.1, 0.15) is 16.7 Å². The third-order valence-corrected chi connectivity index (χ3v) is 5.24. The highest BCUT2D eigenvalue weighted by molar-refractivity contribution is 6.84. The Labute approximate surface area is 156 Å². The van der Waals surface area contributed by atoms with Crippen molar-refractivity contribution in [3.05, 3.63) is 83.4 Å². The lowest BCUT2D eigenvalue weighted by molar-refractivity contribution is 1.56. The van der Waals surface area contributed by atoms with Crippen molar-refractivity contribution in [1.29, 1.82) is 0 Å². The van der Waals surface area contributed by atoms with Crippen LogP contribution in [0, 0.1) is 23.3 Å². The predicted octanol–water partition coefficient (Wildman–Crippen LogP) is 6.00. The van der Waals surface area contributed by atoms with Crippen LogP contribution in [0.15, 0.2) is 66.7 Å². The first-order chi connectivity index (χ1) is 12.5. The van der Waals surface area contributed by atoms with Crippen LogP contribution < -0.4 is 0 Å². The van der Waals surface area contributed by atoms with Crippen molar-refractivity contribution in [2.45, 2.75) is 19.6 Å². The Bertz CT molecular complexity index is 1150. The van der Waals surface area contributed by atoms with Gasteiger partial charge in [0.1, 0.15) is 8.07 Å². The first kappa shape index (κ1) is 16.5. The molecule has 0 nitrogen and oxygen atoms in total. The molecule has 124 valence electrons. The molecule has 0 atom stereocenters. The van der Waals surface area contributed by atoms with Gasteiger partial charge in [0.25, 0.3) is 0 Å². The van der Waals surface area contributed by atoms with E-state index in [0.29, 0.717) is 0 Å². The van der Waals surface area contributed by atoms with Crippen LogP contribution in [0.3, 0.4) is 0 Å². The quantitative estimate of drug-likeness (QED) is 0.345. The van der Waals surface area contributed by atoms with E-state index in [4.69, 9.17) is 0 Å². The van der Waals surface area contributed by atoms with E-state index in [1.54, 1.807) is 0 Å². The summed E-state index contributed by atoms with van der Waals surface area (Å²) in [6.07, 6.45) is 0. The smallest absolute Gasteiger partial charge is 0.127 e. The number of hydrogen-bond acceptors (Lipinski definition) is 0. The minimum absolute atomic E-state index is 1.03. The normalized spacial score (nSPS) is 12.4. The van der Waals surface area contributed by atoms with Crippen LogP contribution in [0.5, 0.6) is 0 Å². The van der Waals surface area contributed by atoms with Crippen LogP contribution in [0.2, 0.25) is 19.6 Å². The maximum Gasteiger partial charge on any atom is 0.129 e. The summed E-state index contributed by atoms with van der Waals surface area (Å²) >= 11 is 0. The van der Waals surface area contributed by atoms with Gasteiger partial charge in [-0.3, -0.25) is 0 Å². The highest BCUT2D eigenvalue weighted by Gasteiger charge is 2.26. The summed E-state index contributed by atoms with van der Waals surface area (Å²) in [5.41, 5.74) is 9.23. The fraction of sp³-hybridized carbons (Fsp3) is 0.120. The largest absolute Gasteiger partial charge is 0.129 e. The van der Waals surface area contributed by atoms with E-state index in [1.165, 1.54) is 21.9 Å². The summed E-state index contributed by atoms with van der Waals surface area (Å²) in [5, 5.41) is 2.52. The van der Waals surface area contributed by atoms with Crippen molar-refractivity contribution in [2.75, 3.05) is 0 Å². The zero-order chi connectivity index (χ0) is 18.1. The van der Waals surface area contributed by atoms with Gasteiger partial charge in [0.15, 0.2) is 0 Å². The molecule has 0 unspecified atom stereocenters. The number of benzene rings is 3. The van der Waals surface area contributed by atoms with Gasteiger partial charge in [0.2, 0.25) is 0 Å². The molecular weight excluding hydrogens is 328 g/mol. The summed E-state index contributed by atoms with van der Waals surface area (Å²) in [6, 6.07) is 23.0. The van der Waals surface area contributed by atoms with Crippen molar-refractivity contribution in [1.82, 2.24) is 0 Å². The van der Waals surface area contributed by atoms with Crippen molar-refractivity contribution >= 4 is 30.0 Å². The standard InChI is InChI=1S/C25H20Si/c1-26(2,3)18-17-22-23(15-13-19-9-5-4-6-10-19)25-21-12-8-7-11-20(21)14-16-24(22)25/h4-12,14,16H,1-3H3. The SMILES string of the molecule is C[Si](C)(C)C#CC1=C(C#Cc2ccccc2)c2c1ccc1ccccc21. The van der Waals surface area contributed by atoms with Gasteiger partial charge >= 0.3 is 0 Å². The summed E-state index contributed by atoms with van der Waals surface area (Å²) in [5.74, 6) is 10.2. The molecule has 0 spiro atoms. The Balaban J connectivity index is 1.88. The molecule has 0 saturated heterocycles. The minimum Gasteiger partial charge on any atom is -0.127 e. The average Bonchev–Trinajstić information content (AvgIpc) is 2.61. The van der Waals surface area contributed by atoms with E-state index in [9.17, 15) is 0 Å². The van der Waals surface area contributed by atoms with E-state index in [-0.39, 0.29) is 0 Å². The van der Waals surface area contributed by atoms with E-state index < -0.39 is 8.07 Å². The third-order valence-electron chi connectivity index (χ3n) is 4.37. The number of allylic oxidation sites excluding steroid dienone is 2. The second-order valence-corrected chi connectivity index (χ2v) is 12.3. The number of fused-ring (bicyclic) bond motifs is 3. The van der Waals surface area contributed by atoms with Gasteiger partial charge in [-0.25, -0.2) is 0 Å². The topological polar surface area (TPSA) is 0 Å². The van der Waals surface area contributed by atoms with Crippen molar-refractivity contribution in [2.24, 2.45) is 0 Å². The summed E-state index contributed by atoms with van der Waals surface area (Å²) in [6.45, 7) is 6.82. The summed E-state index contributed by atoms with van der Waals surface area (Å²) < 4.78 is 0. The number of rotatable bonds is 0. The summed E-state index contributed by atoms with van der Waals surface area (Å²) in [4.78, 5) is 0. The van der Waals surface area contributed by atoms with Crippen LogP contribution >= 0.6 is 0 Å².